The van der Waals surface area contributed by atoms with Crippen molar-refractivity contribution in [3.63, 3.8) is 0 Å². The molecule has 0 spiro atoms. The first-order valence-corrected chi connectivity index (χ1v) is 6.88. The van der Waals surface area contributed by atoms with Gasteiger partial charge in [-0.05, 0) is 11.5 Å². The Morgan fingerprint density at radius 3 is 2.25 bits per heavy atom. The summed E-state index contributed by atoms with van der Waals surface area (Å²) in [5.41, 5.74) is -6.39. The van der Waals surface area contributed by atoms with Gasteiger partial charge >= 0.3 is 21.7 Å². The molecule has 1 aliphatic rings. The summed E-state index contributed by atoms with van der Waals surface area (Å²) in [6.45, 7) is 4.46. The molecule has 0 aromatic heterocycles. The van der Waals surface area contributed by atoms with Crippen LogP contribution in [0.1, 0.15) is 20.8 Å². The minimum absolute atomic E-state index is 0.236. The number of nitrogens with zero attached hydrogens (tertiary/aromatic N) is 1. The van der Waals surface area contributed by atoms with E-state index >= 15 is 0 Å². The lowest BCUT2D eigenvalue weighted by molar-refractivity contribution is -0.0530. The van der Waals surface area contributed by atoms with Crippen LogP contribution in [0.5, 0.6) is 0 Å². The average Bonchev–Trinajstić information content (AvgIpc) is 2.57. The summed E-state index contributed by atoms with van der Waals surface area (Å²) < 4.78 is 63.0. The van der Waals surface area contributed by atoms with Gasteiger partial charge in [-0.2, -0.15) is 21.6 Å². The van der Waals surface area contributed by atoms with Crippen molar-refractivity contribution >= 4 is 16.2 Å². The second kappa shape index (κ2) is 4.83. The van der Waals surface area contributed by atoms with E-state index in [0.717, 1.165) is 11.0 Å². The highest BCUT2D eigenvalue weighted by atomic mass is 32.2. The summed E-state index contributed by atoms with van der Waals surface area (Å²) in [4.78, 5) is 11.9. The molecular weight excluding hydrogens is 303 g/mol. The van der Waals surface area contributed by atoms with Crippen LogP contribution in [0.15, 0.2) is 11.8 Å². The maximum Gasteiger partial charge on any atom is 0.534 e. The monoisotopic (exact) mass is 317 g/mol. The van der Waals surface area contributed by atoms with Gasteiger partial charge in [0.15, 0.2) is 0 Å². The Bertz CT molecular complexity index is 532. The van der Waals surface area contributed by atoms with E-state index in [2.05, 4.69) is 4.18 Å². The average molecular weight is 317 g/mol. The summed E-state index contributed by atoms with van der Waals surface area (Å²) in [5.74, 6) is -0.530. The van der Waals surface area contributed by atoms with Gasteiger partial charge in [0.1, 0.15) is 5.76 Å². The number of hydrogen-bond donors (Lipinski definition) is 1. The zero-order valence-electron chi connectivity index (χ0n) is 10.9. The molecule has 0 fully saturated rings. The molecule has 20 heavy (non-hydrogen) atoms. The molecule has 0 saturated carbocycles. The van der Waals surface area contributed by atoms with E-state index in [9.17, 15) is 26.4 Å². The highest BCUT2D eigenvalue weighted by molar-refractivity contribution is 7.87. The number of hydrogen-bond acceptors (Lipinski definition) is 4. The van der Waals surface area contributed by atoms with E-state index in [0.29, 0.717) is 0 Å². The van der Waals surface area contributed by atoms with Gasteiger partial charge in [0, 0.05) is 6.54 Å². The molecule has 0 bridgehead atoms. The molecular formula is C10H14F3NO5S. The minimum atomic E-state index is -5.81. The van der Waals surface area contributed by atoms with E-state index in [1.165, 1.54) is 0 Å². The van der Waals surface area contributed by atoms with Crippen LogP contribution in [0.4, 0.5) is 18.0 Å². The normalized spacial score (nSPS) is 20.8. The lowest BCUT2D eigenvalue weighted by atomic mass is 9.86. The first-order chi connectivity index (χ1) is 8.77. The summed E-state index contributed by atoms with van der Waals surface area (Å²) in [6, 6.07) is -1.11. The first-order valence-electron chi connectivity index (χ1n) is 5.48. The van der Waals surface area contributed by atoms with Gasteiger partial charge in [0.2, 0.25) is 0 Å². The Morgan fingerprint density at radius 2 is 1.90 bits per heavy atom. The third-order valence-corrected chi connectivity index (χ3v) is 3.60. The third kappa shape index (κ3) is 3.17. The second-order valence-electron chi connectivity index (χ2n) is 5.29. The highest BCUT2D eigenvalue weighted by Crippen LogP contribution is 2.37. The Labute approximate surface area is 113 Å². The lowest BCUT2D eigenvalue weighted by Crippen LogP contribution is -2.45. The van der Waals surface area contributed by atoms with Crippen molar-refractivity contribution in [1.82, 2.24) is 4.90 Å². The number of carboxylic acid groups (broad SMARTS) is 1. The maximum atomic E-state index is 12.3. The fraction of sp³-hybridized carbons (Fsp3) is 0.700. The predicted octanol–water partition coefficient (Wildman–Crippen LogP) is 2.14. The molecule has 0 aromatic rings. The van der Waals surface area contributed by atoms with E-state index in [-0.39, 0.29) is 6.54 Å². The summed E-state index contributed by atoms with van der Waals surface area (Å²) in [6.07, 6.45) is -0.350. The molecule has 0 saturated heterocycles. The summed E-state index contributed by atoms with van der Waals surface area (Å²) >= 11 is 0. The van der Waals surface area contributed by atoms with Gasteiger partial charge in [0.25, 0.3) is 0 Å². The first kappa shape index (κ1) is 16.6. The van der Waals surface area contributed by atoms with Crippen molar-refractivity contribution in [2.45, 2.75) is 32.3 Å². The number of amides is 1. The predicted molar refractivity (Wildman–Crippen MR) is 62.1 cm³/mol. The Kier molecular flexibility index (Phi) is 4.01. The van der Waals surface area contributed by atoms with Crippen LogP contribution in [0, 0.1) is 5.41 Å². The van der Waals surface area contributed by atoms with Crippen molar-refractivity contribution in [3.05, 3.63) is 11.8 Å². The van der Waals surface area contributed by atoms with Crippen LogP contribution in [0.2, 0.25) is 0 Å². The van der Waals surface area contributed by atoms with Gasteiger partial charge < -0.3 is 9.29 Å². The SMILES string of the molecule is CC(C)(C)C1C(OS(=O)(=O)C(F)(F)F)=CCN1C(=O)O. The van der Waals surface area contributed by atoms with E-state index in [4.69, 9.17) is 5.11 Å². The molecule has 1 amide bonds. The van der Waals surface area contributed by atoms with Crippen LogP contribution in [-0.4, -0.2) is 42.6 Å². The largest absolute Gasteiger partial charge is 0.534 e. The van der Waals surface area contributed by atoms with Crippen molar-refractivity contribution < 1.29 is 35.7 Å². The van der Waals surface area contributed by atoms with Gasteiger partial charge in [-0.25, -0.2) is 4.79 Å². The van der Waals surface area contributed by atoms with E-state index in [1.54, 1.807) is 20.8 Å². The molecule has 1 aliphatic heterocycles. The van der Waals surface area contributed by atoms with Crippen LogP contribution in [-0.2, 0) is 14.3 Å². The number of halogens is 3. The zero-order valence-corrected chi connectivity index (χ0v) is 11.7. The second-order valence-corrected chi connectivity index (χ2v) is 6.83. The van der Waals surface area contributed by atoms with Gasteiger partial charge in [-0.1, -0.05) is 20.8 Å². The van der Waals surface area contributed by atoms with Crippen molar-refractivity contribution in [2.24, 2.45) is 5.41 Å². The fourth-order valence-corrected chi connectivity index (χ4v) is 2.40. The van der Waals surface area contributed by atoms with E-state index in [1.807, 2.05) is 0 Å². The molecule has 10 heteroatoms. The Hall–Kier alpha value is -1.45. The zero-order chi connectivity index (χ0) is 15.9. The maximum absolute atomic E-state index is 12.3. The molecule has 1 atom stereocenters. The van der Waals surface area contributed by atoms with Crippen molar-refractivity contribution in [1.29, 1.82) is 0 Å². The molecule has 1 rings (SSSR count). The molecule has 116 valence electrons. The van der Waals surface area contributed by atoms with Crippen LogP contribution in [0.3, 0.4) is 0 Å². The smallest absolute Gasteiger partial charge is 0.465 e. The number of alkyl halides is 3. The lowest BCUT2D eigenvalue weighted by Gasteiger charge is -2.34. The number of carbonyl (C=O) groups is 1. The quantitative estimate of drug-likeness (QED) is 0.623. The van der Waals surface area contributed by atoms with Crippen LogP contribution >= 0.6 is 0 Å². The molecule has 6 nitrogen and oxygen atoms in total. The molecule has 1 unspecified atom stereocenters. The topological polar surface area (TPSA) is 83.9 Å². The summed E-state index contributed by atoms with van der Waals surface area (Å²) in [7, 11) is -5.81. The van der Waals surface area contributed by atoms with Gasteiger partial charge in [-0.15, -0.1) is 0 Å². The third-order valence-electron chi connectivity index (χ3n) is 2.63. The molecule has 0 aliphatic carbocycles. The molecule has 1 N–H and O–H groups in total. The molecule has 1 heterocycles. The number of rotatable bonds is 2. The van der Waals surface area contributed by atoms with Crippen LogP contribution in [0.25, 0.3) is 0 Å². The van der Waals surface area contributed by atoms with E-state index < -0.39 is 38.9 Å². The Morgan fingerprint density at radius 1 is 1.40 bits per heavy atom. The van der Waals surface area contributed by atoms with Crippen molar-refractivity contribution in [2.75, 3.05) is 6.54 Å². The van der Waals surface area contributed by atoms with Crippen LogP contribution < -0.4 is 0 Å². The minimum Gasteiger partial charge on any atom is -0.465 e. The Balaban J connectivity index is 3.11. The standard InChI is InChI=1S/C10H14F3NO5S/c1-9(2,3)7-6(4-5-14(7)8(15)16)19-20(17,18)10(11,12)13/h4,7H,5H2,1-3H3,(H,15,16). The molecule has 0 radical (unpaired) electrons. The highest BCUT2D eigenvalue weighted by Gasteiger charge is 2.51. The van der Waals surface area contributed by atoms with Gasteiger partial charge in [0.05, 0.1) is 6.04 Å². The summed E-state index contributed by atoms with van der Waals surface area (Å²) in [5, 5.41) is 8.99. The fourth-order valence-electron chi connectivity index (χ4n) is 1.90. The van der Waals surface area contributed by atoms with Crippen molar-refractivity contribution in [3.8, 4) is 0 Å². The van der Waals surface area contributed by atoms with Gasteiger partial charge in [-0.3, -0.25) is 4.90 Å². The molecule has 0 aromatic carbocycles.